The molecule has 0 aromatic carbocycles. The maximum absolute atomic E-state index is 12.5. The summed E-state index contributed by atoms with van der Waals surface area (Å²) in [5.41, 5.74) is 5.30. The van der Waals surface area contributed by atoms with Crippen LogP contribution in [0.5, 0.6) is 0 Å². The lowest BCUT2D eigenvalue weighted by atomic mass is 10.1. The summed E-state index contributed by atoms with van der Waals surface area (Å²) in [5.74, 6) is -2.40. The van der Waals surface area contributed by atoms with Gasteiger partial charge in [-0.05, 0) is 38.5 Å². The number of nitrogens with two attached hydrogens (primary N) is 1. The number of rotatable bonds is 33. The van der Waals surface area contributed by atoms with E-state index in [4.69, 9.17) is 24.8 Å². The number of phosphoric acid groups is 1. The van der Waals surface area contributed by atoms with Crippen molar-refractivity contribution in [1.82, 2.24) is 0 Å². The van der Waals surface area contributed by atoms with Crippen molar-refractivity contribution in [3.8, 4) is 0 Å². The molecule has 0 aliphatic heterocycles. The maximum Gasteiger partial charge on any atom is 0.472 e. The molecule has 274 valence electrons. The lowest BCUT2D eigenvalue weighted by molar-refractivity contribution is -0.161. The summed E-state index contributed by atoms with van der Waals surface area (Å²) >= 11 is 0. The third-order valence-corrected chi connectivity index (χ3v) is 8.43. The molecule has 0 amide bonds. The molecule has 3 atom stereocenters. The lowest BCUT2D eigenvalue weighted by Crippen LogP contribution is -2.34. The molecule has 0 rings (SSSR count). The second-order valence-corrected chi connectivity index (χ2v) is 13.5. The fourth-order valence-corrected chi connectivity index (χ4v) is 5.36. The normalized spacial score (nSPS) is 14.3. The molecule has 47 heavy (non-hydrogen) atoms. The van der Waals surface area contributed by atoms with Crippen LogP contribution in [-0.4, -0.2) is 59.9 Å². The number of hydrogen-bond donors (Lipinski definition) is 3. The number of aliphatic carboxylic acids is 1. The Labute approximate surface area is 283 Å². The molecule has 0 saturated carbocycles. The summed E-state index contributed by atoms with van der Waals surface area (Å²) in [6.45, 7) is 2.70. The van der Waals surface area contributed by atoms with Gasteiger partial charge in [-0.1, -0.05) is 122 Å². The quantitative estimate of drug-likeness (QED) is 0.0262. The topological polar surface area (TPSA) is 172 Å². The van der Waals surface area contributed by atoms with Crippen molar-refractivity contribution in [1.29, 1.82) is 0 Å². The highest BCUT2D eigenvalue weighted by Gasteiger charge is 2.28. The fourth-order valence-electron chi connectivity index (χ4n) is 4.58. The number of unbranched alkanes of at least 4 members (excludes halogenated alkanes) is 16. The largest absolute Gasteiger partial charge is 0.480 e. The van der Waals surface area contributed by atoms with Crippen molar-refractivity contribution in [2.75, 3.05) is 19.8 Å². The van der Waals surface area contributed by atoms with Crippen molar-refractivity contribution in [2.45, 2.75) is 161 Å². The van der Waals surface area contributed by atoms with E-state index in [9.17, 15) is 23.8 Å². The van der Waals surface area contributed by atoms with Crippen molar-refractivity contribution in [2.24, 2.45) is 5.73 Å². The Morgan fingerprint density at radius 1 is 0.660 bits per heavy atom. The Hall–Kier alpha value is -2.04. The van der Waals surface area contributed by atoms with Gasteiger partial charge in [0.25, 0.3) is 0 Å². The van der Waals surface area contributed by atoms with Gasteiger partial charge in [0.05, 0.1) is 13.2 Å². The molecule has 0 aliphatic rings. The van der Waals surface area contributed by atoms with E-state index in [1.165, 1.54) is 51.4 Å². The van der Waals surface area contributed by atoms with E-state index in [2.05, 4.69) is 42.7 Å². The van der Waals surface area contributed by atoms with Gasteiger partial charge in [-0.3, -0.25) is 23.4 Å². The van der Waals surface area contributed by atoms with Crippen LogP contribution < -0.4 is 5.73 Å². The highest BCUT2D eigenvalue weighted by Crippen LogP contribution is 2.43. The van der Waals surface area contributed by atoms with E-state index >= 15 is 0 Å². The van der Waals surface area contributed by atoms with Crippen LogP contribution in [0.15, 0.2) is 24.3 Å². The molecule has 11 nitrogen and oxygen atoms in total. The van der Waals surface area contributed by atoms with E-state index in [1.54, 1.807) is 0 Å². The molecule has 0 aromatic rings. The van der Waals surface area contributed by atoms with Gasteiger partial charge >= 0.3 is 25.7 Å². The summed E-state index contributed by atoms with van der Waals surface area (Å²) in [4.78, 5) is 45.5. The number of carboxylic acid groups (broad SMARTS) is 1. The van der Waals surface area contributed by atoms with Crippen LogP contribution in [0.1, 0.15) is 149 Å². The minimum Gasteiger partial charge on any atom is -0.480 e. The zero-order valence-corrected chi connectivity index (χ0v) is 30.0. The van der Waals surface area contributed by atoms with Crippen LogP contribution in [0.2, 0.25) is 0 Å². The van der Waals surface area contributed by atoms with Crippen molar-refractivity contribution in [3.63, 3.8) is 0 Å². The Morgan fingerprint density at radius 3 is 1.64 bits per heavy atom. The number of esters is 2. The van der Waals surface area contributed by atoms with Gasteiger partial charge in [-0.15, -0.1) is 0 Å². The third-order valence-electron chi connectivity index (χ3n) is 7.48. The molecule has 0 aromatic heterocycles. The van der Waals surface area contributed by atoms with Crippen molar-refractivity contribution in [3.05, 3.63) is 24.3 Å². The Balaban J connectivity index is 4.48. The van der Waals surface area contributed by atoms with Gasteiger partial charge in [0, 0.05) is 12.8 Å². The molecular formula is C35H64NO10P. The Kier molecular flexibility index (Phi) is 29.9. The van der Waals surface area contributed by atoms with Gasteiger partial charge in [-0.25, -0.2) is 4.57 Å². The Bertz CT molecular complexity index is 911. The highest BCUT2D eigenvalue weighted by atomic mass is 31.2. The molecule has 12 heteroatoms. The molecule has 0 spiro atoms. The second kappa shape index (κ2) is 31.2. The van der Waals surface area contributed by atoms with Crippen LogP contribution in [-0.2, 0) is 37.5 Å². The van der Waals surface area contributed by atoms with Gasteiger partial charge in [0.15, 0.2) is 6.10 Å². The predicted molar refractivity (Wildman–Crippen MR) is 185 cm³/mol. The van der Waals surface area contributed by atoms with E-state index in [1.807, 2.05) is 0 Å². The van der Waals surface area contributed by atoms with Gasteiger partial charge < -0.3 is 25.2 Å². The first-order chi connectivity index (χ1) is 22.6. The molecular weight excluding hydrogens is 625 g/mol. The van der Waals surface area contributed by atoms with Gasteiger partial charge in [0.2, 0.25) is 0 Å². The summed E-state index contributed by atoms with van der Waals surface area (Å²) < 4.78 is 32.4. The Morgan fingerprint density at radius 2 is 1.11 bits per heavy atom. The smallest absolute Gasteiger partial charge is 0.472 e. The number of hydrogen-bond acceptors (Lipinski definition) is 9. The minimum absolute atomic E-state index is 0.145. The number of carbonyl (C=O) groups excluding carboxylic acids is 2. The van der Waals surface area contributed by atoms with Crippen LogP contribution in [0.4, 0.5) is 0 Å². The molecule has 0 bridgehead atoms. The summed E-state index contributed by atoms with van der Waals surface area (Å²) in [6.07, 6.45) is 28.4. The first-order valence-corrected chi connectivity index (χ1v) is 19.4. The lowest BCUT2D eigenvalue weighted by Gasteiger charge is -2.20. The van der Waals surface area contributed by atoms with Gasteiger partial charge in [0.1, 0.15) is 12.6 Å². The molecule has 0 fully saturated rings. The zero-order chi connectivity index (χ0) is 35.0. The number of carboxylic acids is 1. The zero-order valence-electron chi connectivity index (χ0n) is 29.1. The molecule has 1 unspecified atom stereocenters. The summed E-state index contributed by atoms with van der Waals surface area (Å²) in [7, 11) is -4.70. The SMILES string of the molecule is CCCCCC/C=C/C=C/CCCCCCCC(=O)O[C@@H](COC(=O)CCCCCCCCCC)COP(=O)(O)OC[C@H](N)C(=O)O. The van der Waals surface area contributed by atoms with Crippen LogP contribution >= 0.6 is 7.82 Å². The fraction of sp³-hybridized carbons (Fsp3) is 0.800. The van der Waals surface area contributed by atoms with E-state index in [-0.39, 0.29) is 19.4 Å². The molecule has 0 heterocycles. The molecule has 0 radical (unpaired) electrons. The number of phosphoric ester groups is 1. The van der Waals surface area contributed by atoms with Crippen molar-refractivity contribution >= 4 is 25.7 Å². The minimum atomic E-state index is -4.70. The summed E-state index contributed by atoms with van der Waals surface area (Å²) in [6, 6.07) is -1.52. The molecule has 4 N–H and O–H groups in total. The first-order valence-electron chi connectivity index (χ1n) is 17.9. The second-order valence-electron chi connectivity index (χ2n) is 12.0. The highest BCUT2D eigenvalue weighted by molar-refractivity contribution is 7.47. The predicted octanol–water partition coefficient (Wildman–Crippen LogP) is 8.33. The maximum atomic E-state index is 12.5. The van der Waals surface area contributed by atoms with Crippen LogP contribution in [0.25, 0.3) is 0 Å². The average Bonchev–Trinajstić information content (AvgIpc) is 3.04. The monoisotopic (exact) mass is 689 g/mol. The number of carbonyl (C=O) groups is 3. The van der Waals surface area contributed by atoms with E-state index in [0.717, 1.165) is 57.8 Å². The molecule has 0 saturated heterocycles. The van der Waals surface area contributed by atoms with Gasteiger partial charge in [-0.2, -0.15) is 0 Å². The molecule has 0 aliphatic carbocycles. The van der Waals surface area contributed by atoms with Crippen LogP contribution in [0, 0.1) is 0 Å². The third kappa shape index (κ3) is 31.0. The average molecular weight is 690 g/mol. The number of ether oxygens (including phenoxy) is 2. The number of allylic oxidation sites excluding steroid dienone is 4. The standard InChI is InChI=1S/C35H64NO10P/c1-3-5-7-9-11-13-14-15-16-17-18-19-21-23-25-27-34(38)46-31(29-44-47(41,42)45-30-32(36)35(39)40)28-43-33(37)26-24-22-20-12-10-8-6-4-2/h13-16,31-32H,3-12,17-30,36H2,1-2H3,(H,39,40)(H,41,42)/b14-13+,16-15+/t31-,32-/m0/s1. The van der Waals surface area contributed by atoms with Crippen molar-refractivity contribution < 1.29 is 47.5 Å². The van der Waals surface area contributed by atoms with E-state index < -0.39 is 51.1 Å². The summed E-state index contributed by atoms with van der Waals surface area (Å²) in [5, 5.41) is 8.83. The first kappa shape index (κ1) is 45.0. The van der Waals surface area contributed by atoms with Crippen LogP contribution in [0.3, 0.4) is 0 Å². The van der Waals surface area contributed by atoms with E-state index in [0.29, 0.717) is 12.8 Å².